The smallest absolute Gasteiger partial charge is 0.253 e. The molecule has 2 aliphatic heterocycles. The molecule has 0 bridgehead atoms. The maximum atomic E-state index is 13.0. The van der Waals surface area contributed by atoms with Crippen LogP contribution in [0.5, 0.6) is 0 Å². The molecule has 35 heavy (non-hydrogen) atoms. The molecule has 1 aliphatic carbocycles. The minimum absolute atomic E-state index is 0.0176. The number of hydrogen-bond donors (Lipinski definition) is 1. The summed E-state index contributed by atoms with van der Waals surface area (Å²) in [6.07, 6.45) is 10.9. The van der Waals surface area contributed by atoms with Crippen LogP contribution in [-0.4, -0.2) is 49.7 Å². The van der Waals surface area contributed by atoms with Crippen LogP contribution in [0.1, 0.15) is 63.4 Å². The molecule has 5 nitrogen and oxygen atoms in total. The number of nitrogens with one attached hydrogen (secondary N) is 1. The Morgan fingerprint density at radius 3 is 2.20 bits per heavy atom. The molecule has 3 aliphatic rings. The molecule has 1 N–H and O–H groups in total. The zero-order chi connectivity index (χ0) is 23.9. The number of anilines is 2. The standard InChI is InChI=1S/C30H41N3O2/c34-29(28-22-30(24-35-28)16-8-3-1-2-4-9-17-30)31-26-12-14-27(15-13-26)33-20-18-32(19-21-33)23-25-10-6-5-7-11-25/h5-7,10-15,28H,1-4,8-9,16-24H2,(H,31,34). The molecule has 1 spiro atoms. The van der Waals surface area contributed by atoms with E-state index in [4.69, 9.17) is 4.74 Å². The van der Waals surface area contributed by atoms with Crippen LogP contribution < -0.4 is 10.2 Å². The summed E-state index contributed by atoms with van der Waals surface area (Å²) in [5, 5.41) is 3.12. The number of carbonyl (C=O) groups is 1. The van der Waals surface area contributed by atoms with Crippen LogP contribution in [0.15, 0.2) is 54.6 Å². The Bertz CT molecular complexity index is 928. The van der Waals surface area contributed by atoms with Crippen molar-refractivity contribution in [2.75, 3.05) is 43.0 Å². The van der Waals surface area contributed by atoms with E-state index in [0.717, 1.165) is 51.4 Å². The SMILES string of the molecule is O=C(Nc1ccc(N2CCN(Cc3ccccc3)CC2)cc1)C1CC2(CCCCCCCC2)CO1. The first kappa shape index (κ1) is 24.3. The molecule has 2 heterocycles. The molecular weight excluding hydrogens is 434 g/mol. The van der Waals surface area contributed by atoms with Gasteiger partial charge in [-0.2, -0.15) is 0 Å². The maximum absolute atomic E-state index is 13.0. The van der Waals surface area contributed by atoms with Crippen molar-refractivity contribution >= 4 is 17.3 Å². The van der Waals surface area contributed by atoms with Gasteiger partial charge in [0.2, 0.25) is 0 Å². The van der Waals surface area contributed by atoms with Crippen molar-refractivity contribution in [2.45, 2.75) is 70.4 Å². The molecule has 0 aromatic heterocycles. The third-order valence-electron chi connectivity index (χ3n) is 8.29. The molecule has 5 rings (SSSR count). The third kappa shape index (κ3) is 6.45. The van der Waals surface area contributed by atoms with Crippen LogP contribution in [-0.2, 0) is 16.1 Å². The number of benzene rings is 2. The van der Waals surface area contributed by atoms with E-state index >= 15 is 0 Å². The number of rotatable bonds is 5. The summed E-state index contributed by atoms with van der Waals surface area (Å²) in [7, 11) is 0. The molecule has 2 aromatic rings. The van der Waals surface area contributed by atoms with Crippen LogP contribution >= 0.6 is 0 Å². The number of piperazine rings is 1. The van der Waals surface area contributed by atoms with Gasteiger partial charge in [0.1, 0.15) is 6.10 Å². The van der Waals surface area contributed by atoms with E-state index in [9.17, 15) is 4.79 Å². The summed E-state index contributed by atoms with van der Waals surface area (Å²) < 4.78 is 6.06. The Labute approximate surface area is 210 Å². The molecule has 1 atom stereocenters. The van der Waals surface area contributed by atoms with Crippen LogP contribution in [0.3, 0.4) is 0 Å². The number of amides is 1. The van der Waals surface area contributed by atoms with Gasteiger partial charge < -0.3 is 15.0 Å². The quantitative estimate of drug-likeness (QED) is 0.589. The average molecular weight is 476 g/mol. The molecule has 2 saturated heterocycles. The second-order valence-electron chi connectivity index (χ2n) is 10.9. The molecule has 1 saturated carbocycles. The normalized spacial score (nSPS) is 23.4. The molecular formula is C30H41N3O2. The lowest BCUT2D eigenvalue weighted by molar-refractivity contribution is -0.124. The highest BCUT2D eigenvalue weighted by molar-refractivity contribution is 5.94. The molecule has 2 aromatic carbocycles. The van der Waals surface area contributed by atoms with Crippen LogP contribution in [0.25, 0.3) is 0 Å². The first-order valence-corrected chi connectivity index (χ1v) is 13.7. The summed E-state index contributed by atoms with van der Waals surface area (Å²) in [5.74, 6) is 0.0176. The average Bonchev–Trinajstić information content (AvgIpc) is 3.36. The lowest BCUT2D eigenvalue weighted by Crippen LogP contribution is -2.45. The predicted octanol–water partition coefficient (Wildman–Crippen LogP) is 5.86. The van der Waals surface area contributed by atoms with E-state index < -0.39 is 0 Å². The first-order chi connectivity index (χ1) is 17.2. The molecule has 1 amide bonds. The highest BCUT2D eigenvalue weighted by Gasteiger charge is 2.42. The van der Waals surface area contributed by atoms with Gasteiger partial charge in [0.15, 0.2) is 0 Å². The van der Waals surface area contributed by atoms with Gasteiger partial charge in [-0.05, 0) is 54.5 Å². The van der Waals surface area contributed by atoms with Crippen molar-refractivity contribution in [3.05, 3.63) is 60.2 Å². The van der Waals surface area contributed by atoms with E-state index in [0.29, 0.717) is 0 Å². The van der Waals surface area contributed by atoms with Crippen LogP contribution in [0, 0.1) is 5.41 Å². The topological polar surface area (TPSA) is 44.8 Å². The monoisotopic (exact) mass is 475 g/mol. The highest BCUT2D eigenvalue weighted by atomic mass is 16.5. The van der Waals surface area contributed by atoms with Crippen molar-refractivity contribution in [1.29, 1.82) is 0 Å². The minimum Gasteiger partial charge on any atom is -0.369 e. The molecule has 5 heteroatoms. The van der Waals surface area contributed by atoms with E-state index in [2.05, 4.69) is 57.6 Å². The second-order valence-corrected chi connectivity index (χ2v) is 10.9. The van der Waals surface area contributed by atoms with Gasteiger partial charge in [-0.1, -0.05) is 68.9 Å². The summed E-state index contributed by atoms with van der Waals surface area (Å²) in [4.78, 5) is 17.9. The van der Waals surface area contributed by atoms with E-state index in [1.807, 2.05) is 12.1 Å². The van der Waals surface area contributed by atoms with Crippen molar-refractivity contribution in [1.82, 2.24) is 4.90 Å². The fraction of sp³-hybridized carbons (Fsp3) is 0.567. The van der Waals surface area contributed by atoms with E-state index in [-0.39, 0.29) is 17.4 Å². The van der Waals surface area contributed by atoms with Crippen LogP contribution in [0.4, 0.5) is 11.4 Å². The number of carbonyl (C=O) groups excluding carboxylic acids is 1. The van der Waals surface area contributed by atoms with Gasteiger partial charge in [0, 0.05) is 44.1 Å². The molecule has 1 unspecified atom stereocenters. The first-order valence-electron chi connectivity index (χ1n) is 13.7. The Balaban J connectivity index is 1.10. The largest absolute Gasteiger partial charge is 0.369 e. The highest BCUT2D eigenvalue weighted by Crippen LogP contribution is 2.43. The van der Waals surface area contributed by atoms with Gasteiger partial charge in [-0.25, -0.2) is 0 Å². The van der Waals surface area contributed by atoms with Gasteiger partial charge >= 0.3 is 0 Å². The van der Waals surface area contributed by atoms with Gasteiger partial charge in [0.25, 0.3) is 5.91 Å². The van der Waals surface area contributed by atoms with Gasteiger partial charge in [-0.15, -0.1) is 0 Å². The summed E-state index contributed by atoms with van der Waals surface area (Å²) >= 11 is 0. The van der Waals surface area contributed by atoms with Gasteiger partial charge in [-0.3, -0.25) is 9.69 Å². The number of nitrogens with zero attached hydrogens (tertiary/aromatic N) is 2. The second kappa shape index (κ2) is 11.6. The Hall–Kier alpha value is -2.37. The number of ether oxygens (including phenoxy) is 1. The maximum Gasteiger partial charge on any atom is 0.253 e. The van der Waals surface area contributed by atoms with Crippen molar-refractivity contribution in [3.8, 4) is 0 Å². The Kier molecular flexibility index (Phi) is 8.05. The molecule has 3 fully saturated rings. The third-order valence-corrected chi connectivity index (χ3v) is 8.29. The van der Waals surface area contributed by atoms with E-state index in [1.54, 1.807) is 0 Å². The van der Waals surface area contributed by atoms with Gasteiger partial charge in [0.05, 0.1) is 6.61 Å². The lowest BCUT2D eigenvalue weighted by Gasteiger charge is -2.36. The zero-order valence-corrected chi connectivity index (χ0v) is 21.1. The predicted molar refractivity (Wildman–Crippen MR) is 143 cm³/mol. The Morgan fingerprint density at radius 1 is 0.857 bits per heavy atom. The van der Waals surface area contributed by atoms with Crippen molar-refractivity contribution in [2.24, 2.45) is 5.41 Å². The fourth-order valence-corrected chi connectivity index (χ4v) is 6.12. The van der Waals surface area contributed by atoms with Crippen LogP contribution in [0.2, 0.25) is 0 Å². The summed E-state index contributed by atoms with van der Waals surface area (Å²) in [5.41, 5.74) is 3.69. The fourth-order valence-electron chi connectivity index (χ4n) is 6.12. The molecule has 188 valence electrons. The zero-order valence-electron chi connectivity index (χ0n) is 21.1. The van der Waals surface area contributed by atoms with E-state index in [1.165, 1.54) is 62.6 Å². The Morgan fingerprint density at radius 2 is 1.51 bits per heavy atom. The van der Waals surface area contributed by atoms with Crippen molar-refractivity contribution < 1.29 is 9.53 Å². The minimum atomic E-state index is -0.312. The summed E-state index contributed by atoms with van der Waals surface area (Å²) in [6, 6.07) is 19.1. The number of hydrogen-bond acceptors (Lipinski definition) is 4. The summed E-state index contributed by atoms with van der Waals surface area (Å²) in [6.45, 7) is 5.94. The molecule has 0 radical (unpaired) electrons. The lowest BCUT2D eigenvalue weighted by atomic mass is 9.77. The van der Waals surface area contributed by atoms with Crippen molar-refractivity contribution in [3.63, 3.8) is 0 Å².